The van der Waals surface area contributed by atoms with Gasteiger partial charge in [-0.2, -0.15) is 0 Å². The minimum atomic E-state index is -1.09. The van der Waals surface area contributed by atoms with Crippen LogP contribution in [0.1, 0.15) is 10.4 Å². The number of carboxylic acids is 1. The zero-order valence-electron chi connectivity index (χ0n) is 8.39. The Kier molecular flexibility index (Phi) is 3.26. The number of rotatable bonds is 2. The Hall–Kier alpha value is -1.65. The van der Waals surface area contributed by atoms with Crippen LogP contribution in [0.4, 0.5) is 0 Å². The van der Waals surface area contributed by atoms with Crippen LogP contribution in [-0.4, -0.2) is 21.0 Å². The fourth-order valence-electron chi connectivity index (χ4n) is 1.36. The highest BCUT2D eigenvalue weighted by atomic mass is 35.5. The SMILES string of the molecule is O=C(O)c1cncnc1-c1ccc(Cl)c(Cl)c1. The highest BCUT2D eigenvalue weighted by molar-refractivity contribution is 6.42. The predicted molar refractivity (Wildman–Crippen MR) is 64.4 cm³/mol. The molecule has 0 bridgehead atoms. The molecule has 0 spiro atoms. The first kappa shape index (κ1) is 11.8. The molecule has 0 atom stereocenters. The molecule has 0 amide bonds. The van der Waals surface area contributed by atoms with Gasteiger partial charge < -0.3 is 5.11 Å². The van der Waals surface area contributed by atoms with Crippen LogP contribution in [0.5, 0.6) is 0 Å². The van der Waals surface area contributed by atoms with Crippen LogP contribution in [0.3, 0.4) is 0 Å². The summed E-state index contributed by atoms with van der Waals surface area (Å²) in [6.45, 7) is 0. The van der Waals surface area contributed by atoms with Crippen molar-refractivity contribution in [3.63, 3.8) is 0 Å². The van der Waals surface area contributed by atoms with Gasteiger partial charge in [-0.3, -0.25) is 0 Å². The molecule has 0 saturated carbocycles. The van der Waals surface area contributed by atoms with E-state index in [1.54, 1.807) is 18.2 Å². The van der Waals surface area contributed by atoms with Gasteiger partial charge in [0.1, 0.15) is 11.9 Å². The maximum Gasteiger partial charge on any atom is 0.339 e. The van der Waals surface area contributed by atoms with Crippen molar-refractivity contribution in [1.82, 2.24) is 9.97 Å². The summed E-state index contributed by atoms with van der Waals surface area (Å²) in [4.78, 5) is 18.6. The highest BCUT2D eigenvalue weighted by Gasteiger charge is 2.13. The highest BCUT2D eigenvalue weighted by Crippen LogP contribution is 2.28. The summed E-state index contributed by atoms with van der Waals surface area (Å²) in [5.41, 5.74) is 0.913. The van der Waals surface area contributed by atoms with Gasteiger partial charge in [0.05, 0.1) is 15.7 Å². The first-order valence-corrected chi connectivity index (χ1v) is 5.34. The van der Waals surface area contributed by atoms with Gasteiger partial charge in [-0.15, -0.1) is 0 Å². The molecule has 2 aromatic rings. The molecule has 86 valence electrons. The monoisotopic (exact) mass is 268 g/mol. The Balaban J connectivity index is 2.60. The van der Waals surface area contributed by atoms with Crippen molar-refractivity contribution < 1.29 is 9.90 Å². The predicted octanol–water partition coefficient (Wildman–Crippen LogP) is 3.15. The van der Waals surface area contributed by atoms with Crippen LogP contribution in [0, 0.1) is 0 Å². The molecule has 0 unspecified atom stereocenters. The number of nitrogens with zero attached hydrogens (tertiary/aromatic N) is 2. The van der Waals surface area contributed by atoms with Crippen LogP contribution in [0.15, 0.2) is 30.7 Å². The van der Waals surface area contributed by atoms with Crippen LogP contribution in [-0.2, 0) is 0 Å². The molecule has 0 fully saturated rings. The average Bonchev–Trinajstić information content (AvgIpc) is 2.32. The van der Waals surface area contributed by atoms with Crippen molar-refractivity contribution in [2.24, 2.45) is 0 Å². The minimum Gasteiger partial charge on any atom is -0.478 e. The minimum absolute atomic E-state index is 0.0193. The van der Waals surface area contributed by atoms with Crippen molar-refractivity contribution in [3.05, 3.63) is 46.3 Å². The Morgan fingerprint density at radius 3 is 2.65 bits per heavy atom. The average molecular weight is 269 g/mol. The zero-order valence-corrected chi connectivity index (χ0v) is 9.90. The number of carbonyl (C=O) groups is 1. The fraction of sp³-hybridized carbons (Fsp3) is 0. The van der Waals surface area contributed by atoms with Crippen molar-refractivity contribution in [2.75, 3.05) is 0 Å². The van der Waals surface area contributed by atoms with E-state index < -0.39 is 5.97 Å². The van der Waals surface area contributed by atoms with Crippen molar-refractivity contribution >= 4 is 29.2 Å². The van der Waals surface area contributed by atoms with E-state index >= 15 is 0 Å². The molecular formula is C11H6Cl2N2O2. The summed E-state index contributed by atoms with van der Waals surface area (Å²) in [5, 5.41) is 9.76. The van der Waals surface area contributed by atoms with Crippen LogP contribution < -0.4 is 0 Å². The Labute approximate surface area is 107 Å². The molecule has 0 aliphatic rings. The van der Waals surface area contributed by atoms with Gasteiger partial charge in [0.25, 0.3) is 0 Å². The lowest BCUT2D eigenvalue weighted by Crippen LogP contribution is -2.02. The van der Waals surface area contributed by atoms with E-state index in [1.165, 1.54) is 12.5 Å². The van der Waals surface area contributed by atoms with Gasteiger partial charge >= 0.3 is 5.97 Å². The second kappa shape index (κ2) is 4.69. The lowest BCUT2D eigenvalue weighted by molar-refractivity contribution is 0.0697. The van der Waals surface area contributed by atoms with Crippen molar-refractivity contribution in [1.29, 1.82) is 0 Å². The maximum atomic E-state index is 11.0. The van der Waals surface area contributed by atoms with Crippen LogP contribution in [0.2, 0.25) is 10.0 Å². The lowest BCUT2D eigenvalue weighted by atomic mass is 10.1. The number of aromatic carboxylic acids is 1. The van der Waals surface area contributed by atoms with E-state index in [-0.39, 0.29) is 5.56 Å². The number of aromatic nitrogens is 2. The molecule has 0 aliphatic carbocycles. The smallest absolute Gasteiger partial charge is 0.339 e. The van der Waals surface area contributed by atoms with Gasteiger partial charge in [-0.25, -0.2) is 14.8 Å². The first-order chi connectivity index (χ1) is 8.09. The molecule has 1 aromatic heterocycles. The van der Waals surface area contributed by atoms with Crippen LogP contribution >= 0.6 is 23.2 Å². The molecule has 0 aliphatic heterocycles. The fourth-order valence-corrected chi connectivity index (χ4v) is 1.66. The molecule has 1 N–H and O–H groups in total. The molecule has 0 saturated heterocycles. The standard InChI is InChI=1S/C11H6Cl2N2O2/c12-8-2-1-6(3-9(8)13)10-7(11(16)17)4-14-5-15-10/h1-5H,(H,16,17). The quantitative estimate of drug-likeness (QED) is 0.909. The molecule has 4 nitrogen and oxygen atoms in total. The van der Waals surface area contributed by atoms with Gasteiger partial charge in [0.2, 0.25) is 0 Å². The first-order valence-electron chi connectivity index (χ1n) is 4.58. The third kappa shape index (κ3) is 2.38. The van der Waals surface area contributed by atoms with Crippen LogP contribution in [0.25, 0.3) is 11.3 Å². The summed E-state index contributed by atoms with van der Waals surface area (Å²) in [6.07, 6.45) is 2.53. The van der Waals surface area contributed by atoms with Crippen molar-refractivity contribution in [2.45, 2.75) is 0 Å². The largest absolute Gasteiger partial charge is 0.478 e. The van der Waals surface area contributed by atoms with Crippen molar-refractivity contribution in [3.8, 4) is 11.3 Å². The molecule has 17 heavy (non-hydrogen) atoms. The normalized spacial score (nSPS) is 10.2. The number of halogens is 2. The van der Waals surface area contributed by atoms with E-state index in [0.717, 1.165) is 0 Å². The summed E-state index contributed by atoms with van der Waals surface area (Å²) >= 11 is 11.7. The number of carboxylic acid groups (broad SMARTS) is 1. The van der Waals surface area contributed by atoms with Gasteiger partial charge in [-0.05, 0) is 12.1 Å². The van der Waals surface area contributed by atoms with E-state index in [1.807, 2.05) is 0 Å². The second-order valence-electron chi connectivity index (χ2n) is 3.22. The molecule has 6 heteroatoms. The molecule has 1 aromatic carbocycles. The summed E-state index contributed by atoms with van der Waals surface area (Å²) < 4.78 is 0. The van der Waals surface area contributed by atoms with E-state index in [9.17, 15) is 4.79 Å². The number of hydrogen-bond donors (Lipinski definition) is 1. The maximum absolute atomic E-state index is 11.0. The molecule has 2 rings (SSSR count). The molecule has 0 radical (unpaired) electrons. The third-order valence-corrected chi connectivity index (χ3v) is 2.87. The molecule has 1 heterocycles. The Bertz CT molecular complexity index is 587. The summed E-state index contributed by atoms with van der Waals surface area (Å²) in [6, 6.07) is 4.81. The second-order valence-corrected chi connectivity index (χ2v) is 4.03. The van der Waals surface area contributed by atoms with Gasteiger partial charge in [0, 0.05) is 11.8 Å². The van der Waals surface area contributed by atoms with Gasteiger partial charge in [-0.1, -0.05) is 29.3 Å². The third-order valence-electron chi connectivity index (χ3n) is 2.14. The summed E-state index contributed by atoms with van der Waals surface area (Å²) in [5.74, 6) is -1.09. The number of benzene rings is 1. The van der Waals surface area contributed by atoms with E-state index in [2.05, 4.69) is 9.97 Å². The number of hydrogen-bond acceptors (Lipinski definition) is 3. The van der Waals surface area contributed by atoms with E-state index in [4.69, 9.17) is 28.3 Å². The lowest BCUT2D eigenvalue weighted by Gasteiger charge is -2.05. The topological polar surface area (TPSA) is 63.1 Å². The molecular weight excluding hydrogens is 263 g/mol. The Morgan fingerprint density at radius 1 is 1.24 bits per heavy atom. The van der Waals surface area contributed by atoms with Gasteiger partial charge in [0.15, 0.2) is 0 Å². The summed E-state index contributed by atoms with van der Waals surface area (Å²) in [7, 11) is 0. The van der Waals surface area contributed by atoms with E-state index in [0.29, 0.717) is 21.3 Å². The Morgan fingerprint density at radius 2 is 2.00 bits per heavy atom. The zero-order chi connectivity index (χ0) is 12.4.